The minimum atomic E-state index is -0.712. The number of amides is 2. The second-order valence-electron chi connectivity index (χ2n) is 9.65. The number of pyridine rings is 2. The number of ether oxygens (including phenoxy) is 1. The number of methoxy groups -OCH3 is 1. The van der Waals surface area contributed by atoms with Gasteiger partial charge in [0.2, 0.25) is 11.8 Å². The molecule has 0 aliphatic rings. The first-order valence-electron chi connectivity index (χ1n) is 14.0. The predicted octanol–water partition coefficient (Wildman–Crippen LogP) is 1.90. The van der Waals surface area contributed by atoms with Crippen molar-refractivity contribution in [2.24, 2.45) is 0 Å². The molecule has 4 heterocycles. The largest absolute Gasteiger partial charge is 0.468 e. The van der Waals surface area contributed by atoms with Crippen molar-refractivity contribution in [3.05, 3.63) is 79.3 Å². The van der Waals surface area contributed by atoms with Crippen molar-refractivity contribution >= 4 is 35.0 Å². The fraction of sp³-hybridized carbons (Fsp3) is 0.300. The number of nitrogens with zero attached hydrogens (tertiary/aromatic N) is 6. The second kappa shape index (κ2) is 16.5. The first kappa shape index (κ1) is 31.8. The van der Waals surface area contributed by atoms with Crippen LogP contribution < -0.4 is 16.0 Å². The number of hydrogen-bond donors (Lipinski definition) is 3. The zero-order valence-electron chi connectivity index (χ0n) is 24.2. The van der Waals surface area contributed by atoms with Gasteiger partial charge in [-0.05, 0) is 49.6 Å². The molecule has 0 aromatic carbocycles. The van der Waals surface area contributed by atoms with Crippen LogP contribution in [0.5, 0.6) is 0 Å². The van der Waals surface area contributed by atoms with E-state index < -0.39 is 17.9 Å². The molecule has 4 aromatic heterocycles. The maximum Gasteiger partial charge on any atom is 0.325 e. The van der Waals surface area contributed by atoms with Crippen molar-refractivity contribution in [3.8, 4) is 22.6 Å². The van der Waals surface area contributed by atoms with Crippen LogP contribution in [0.3, 0.4) is 0 Å². The minimum absolute atomic E-state index is 0.0742. The molecule has 4 aromatic rings. The summed E-state index contributed by atoms with van der Waals surface area (Å²) < 4.78 is 6.18. The van der Waals surface area contributed by atoms with Gasteiger partial charge in [-0.1, -0.05) is 24.4 Å². The number of esters is 1. The van der Waals surface area contributed by atoms with Crippen molar-refractivity contribution in [3.63, 3.8) is 0 Å². The highest BCUT2D eigenvalue weighted by Gasteiger charge is 2.20. The summed E-state index contributed by atoms with van der Waals surface area (Å²) in [5.41, 5.74) is 2.98. The van der Waals surface area contributed by atoms with E-state index in [1.807, 2.05) is 36.4 Å². The molecule has 44 heavy (non-hydrogen) atoms. The molecule has 0 unspecified atom stereocenters. The van der Waals surface area contributed by atoms with Crippen LogP contribution in [0.2, 0.25) is 0 Å². The SMILES string of the molecule is COC(=O)CNC(=O)[C@H](CCCCNC(=O)Cn1cc(-c2ccccn2)cn1)NC(=S)Cc1nccc(-c2ccccn2)n1. The quantitative estimate of drug-likeness (QED) is 0.102. The van der Waals surface area contributed by atoms with Crippen LogP contribution in [-0.2, 0) is 32.1 Å². The van der Waals surface area contributed by atoms with Crippen LogP contribution in [0.15, 0.2) is 73.4 Å². The van der Waals surface area contributed by atoms with Crippen LogP contribution >= 0.6 is 12.2 Å². The molecule has 0 saturated carbocycles. The van der Waals surface area contributed by atoms with E-state index in [-0.39, 0.29) is 25.4 Å². The Labute approximate surface area is 259 Å². The molecule has 3 N–H and O–H groups in total. The molecule has 4 rings (SSSR count). The van der Waals surface area contributed by atoms with Gasteiger partial charge in [0, 0.05) is 36.9 Å². The van der Waals surface area contributed by atoms with Gasteiger partial charge in [-0.3, -0.25) is 29.0 Å². The van der Waals surface area contributed by atoms with E-state index in [1.165, 1.54) is 7.11 Å². The second-order valence-corrected chi connectivity index (χ2v) is 10.1. The van der Waals surface area contributed by atoms with E-state index in [4.69, 9.17) is 12.2 Å². The number of hydrogen-bond acceptors (Lipinski definition) is 10. The summed E-state index contributed by atoms with van der Waals surface area (Å²) in [6.45, 7) is 0.230. The van der Waals surface area contributed by atoms with Gasteiger partial charge in [0.1, 0.15) is 25.0 Å². The van der Waals surface area contributed by atoms with Crippen LogP contribution in [0.1, 0.15) is 25.1 Å². The zero-order valence-corrected chi connectivity index (χ0v) is 25.0. The Morgan fingerprint density at radius 2 is 1.70 bits per heavy atom. The monoisotopic (exact) mass is 615 g/mol. The third-order valence-corrected chi connectivity index (χ3v) is 6.64. The average Bonchev–Trinajstić information content (AvgIpc) is 3.52. The third-order valence-electron chi connectivity index (χ3n) is 6.38. The van der Waals surface area contributed by atoms with Gasteiger partial charge < -0.3 is 20.7 Å². The molecule has 0 fully saturated rings. The van der Waals surface area contributed by atoms with E-state index in [2.05, 4.69) is 45.7 Å². The lowest BCUT2D eigenvalue weighted by atomic mass is 10.1. The zero-order chi connectivity index (χ0) is 31.1. The standard InChI is InChI=1S/C30H33N9O4S/c1-43-29(41)18-35-30(42)25(38-28(44)16-26-33-15-11-24(37-26)23-9-3-6-13-32-23)10-4-7-14-34-27(40)20-39-19-21(17-36-39)22-8-2-5-12-31-22/h2-3,5-6,8-9,11-13,15,17,19,25H,4,7,10,14,16,18,20H2,1H3,(H,34,40)(H,35,42)(H,38,44)/t25-/m0/s1. The van der Waals surface area contributed by atoms with Gasteiger partial charge in [0.05, 0.1) is 41.8 Å². The summed E-state index contributed by atoms with van der Waals surface area (Å²) in [4.78, 5) is 54.7. The molecule has 0 spiro atoms. The molecule has 0 radical (unpaired) electrons. The van der Waals surface area contributed by atoms with Crippen LogP contribution in [0.4, 0.5) is 0 Å². The van der Waals surface area contributed by atoms with E-state index >= 15 is 0 Å². The molecule has 1 atom stereocenters. The van der Waals surface area contributed by atoms with Crippen LogP contribution in [-0.4, -0.2) is 78.7 Å². The number of carbonyl (C=O) groups excluding carboxylic acids is 3. The first-order chi connectivity index (χ1) is 21.4. The van der Waals surface area contributed by atoms with E-state index in [1.54, 1.807) is 41.7 Å². The van der Waals surface area contributed by atoms with E-state index in [9.17, 15) is 14.4 Å². The summed E-state index contributed by atoms with van der Waals surface area (Å²) in [5.74, 6) is -0.662. The molecule has 0 saturated heterocycles. The molecular weight excluding hydrogens is 582 g/mol. The predicted molar refractivity (Wildman–Crippen MR) is 166 cm³/mol. The highest BCUT2D eigenvalue weighted by molar-refractivity contribution is 7.80. The summed E-state index contributed by atoms with van der Waals surface area (Å²) in [5, 5.41) is 12.8. The molecule has 13 nitrogen and oxygen atoms in total. The Hall–Kier alpha value is -5.11. The number of nitrogens with one attached hydrogen (secondary N) is 3. The van der Waals surface area contributed by atoms with Crippen LogP contribution in [0, 0.1) is 0 Å². The maximum absolute atomic E-state index is 12.9. The van der Waals surface area contributed by atoms with Crippen molar-refractivity contribution < 1.29 is 19.1 Å². The lowest BCUT2D eigenvalue weighted by molar-refractivity contribution is -0.141. The maximum atomic E-state index is 12.9. The third kappa shape index (κ3) is 10.0. The molecule has 14 heteroatoms. The lowest BCUT2D eigenvalue weighted by Gasteiger charge is -2.20. The summed E-state index contributed by atoms with van der Waals surface area (Å²) in [7, 11) is 1.25. The molecule has 0 aliphatic carbocycles. The average molecular weight is 616 g/mol. The fourth-order valence-corrected chi connectivity index (χ4v) is 4.45. The Morgan fingerprint density at radius 3 is 2.43 bits per heavy atom. The number of thiocarbonyl (C=S) groups is 1. The van der Waals surface area contributed by atoms with Crippen molar-refractivity contribution in [2.45, 2.75) is 38.3 Å². The molecule has 2 amide bonds. The molecule has 0 aliphatic heterocycles. The topological polar surface area (TPSA) is 166 Å². The molecule has 228 valence electrons. The highest BCUT2D eigenvalue weighted by Crippen LogP contribution is 2.15. The lowest BCUT2D eigenvalue weighted by Crippen LogP contribution is -2.48. The van der Waals surface area contributed by atoms with Gasteiger partial charge in [-0.15, -0.1) is 0 Å². The van der Waals surface area contributed by atoms with Gasteiger partial charge in [-0.2, -0.15) is 5.10 Å². The first-order valence-corrected chi connectivity index (χ1v) is 14.4. The van der Waals surface area contributed by atoms with Gasteiger partial charge in [-0.25, -0.2) is 9.97 Å². The highest BCUT2D eigenvalue weighted by atomic mass is 32.1. The van der Waals surface area contributed by atoms with Crippen molar-refractivity contribution in [2.75, 3.05) is 20.2 Å². The minimum Gasteiger partial charge on any atom is -0.468 e. The van der Waals surface area contributed by atoms with Gasteiger partial charge in [0.25, 0.3) is 0 Å². The Bertz CT molecular complexity index is 1550. The van der Waals surface area contributed by atoms with E-state index in [0.717, 1.165) is 11.3 Å². The normalized spacial score (nSPS) is 11.3. The fourth-order valence-electron chi connectivity index (χ4n) is 4.17. The van der Waals surface area contributed by atoms with Gasteiger partial charge in [0.15, 0.2) is 0 Å². The Morgan fingerprint density at radius 1 is 0.932 bits per heavy atom. The van der Waals surface area contributed by atoms with Crippen LogP contribution in [0.25, 0.3) is 22.6 Å². The van der Waals surface area contributed by atoms with Crippen molar-refractivity contribution in [1.82, 2.24) is 45.7 Å². The smallest absolute Gasteiger partial charge is 0.325 e. The number of unbranched alkanes of at least 4 members (excludes halogenated alkanes) is 1. The van der Waals surface area contributed by atoms with Gasteiger partial charge >= 0.3 is 5.97 Å². The summed E-state index contributed by atoms with van der Waals surface area (Å²) in [6.07, 6.45) is 10.3. The van der Waals surface area contributed by atoms with Crippen molar-refractivity contribution in [1.29, 1.82) is 0 Å². The summed E-state index contributed by atoms with van der Waals surface area (Å²) >= 11 is 5.53. The Kier molecular flexibility index (Phi) is 11.9. The molecule has 0 bridgehead atoms. The molecular formula is C30H33N9O4S. The van der Waals surface area contributed by atoms with E-state index in [0.29, 0.717) is 48.0 Å². The number of aromatic nitrogens is 6. The number of rotatable bonds is 15. The summed E-state index contributed by atoms with van der Waals surface area (Å²) in [6, 6.07) is 12.2. The Balaban J connectivity index is 1.25. The number of carbonyl (C=O) groups is 3.